The smallest absolute Gasteiger partial charge is 0.430 e. The number of thiazole rings is 1. The molecule has 3 aromatic rings. The van der Waals surface area contributed by atoms with E-state index in [0.29, 0.717) is 11.4 Å². The lowest BCUT2D eigenvalue weighted by molar-refractivity contribution is 0.0608. The first-order valence-electron chi connectivity index (χ1n) is 12.0. The molecule has 0 atom stereocenters. The van der Waals surface area contributed by atoms with Crippen molar-refractivity contribution in [3.8, 4) is 0 Å². The van der Waals surface area contributed by atoms with Crippen LogP contribution in [0.1, 0.15) is 43.9 Å². The zero-order chi connectivity index (χ0) is 27.7. The molecule has 1 aliphatic heterocycles. The average molecular weight is 584 g/mol. The molecule has 1 amide bonds. The molecule has 0 N–H and O–H groups in total. The van der Waals surface area contributed by atoms with Gasteiger partial charge in [-0.25, -0.2) is 27.0 Å². The summed E-state index contributed by atoms with van der Waals surface area (Å²) in [6.07, 6.45) is 0.473. The average Bonchev–Trinajstić information content (AvgIpc) is 3.27. The number of aromatic nitrogens is 1. The maximum atomic E-state index is 15.3. The number of carbonyl (C=O) groups is 1. The van der Waals surface area contributed by atoms with Gasteiger partial charge in [0.15, 0.2) is 10.7 Å². The van der Waals surface area contributed by atoms with E-state index in [1.807, 2.05) is 12.1 Å². The van der Waals surface area contributed by atoms with Crippen LogP contribution in [0.3, 0.4) is 0 Å². The quantitative estimate of drug-likeness (QED) is 0.314. The molecule has 1 fully saturated rings. The maximum Gasteiger partial charge on any atom is 0.430 e. The second kappa shape index (κ2) is 11.3. The van der Waals surface area contributed by atoms with Crippen LogP contribution in [0.25, 0.3) is 0 Å². The number of aryl methyl sites for hydroxylation is 1. The number of halogens is 3. The van der Waals surface area contributed by atoms with Crippen molar-refractivity contribution in [3.05, 3.63) is 74.6 Å². The fourth-order valence-electron chi connectivity index (χ4n) is 4.10. The van der Waals surface area contributed by atoms with E-state index >= 15 is 8.78 Å². The van der Waals surface area contributed by atoms with E-state index in [9.17, 15) is 13.2 Å². The second-order valence-electron chi connectivity index (χ2n) is 9.99. The van der Waals surface area contributed by atoms with Crippen LogP contribution in [0.4, 0.5) is 19.4 Å². The van der Waals surface area contributed by atoms with Crippen LogP contribution in [-0.4, -0.2) is 43.1 Å². The normalized spacial score (nSPS) is 14.3. The molecule has 0 spiro atoms. The Balaban J connectivity index is 1.62. The monoisotopic (exact) mass is 583 g/mol. The van der Waals surface area contributed by atoms with E-state index < -0.39 is 38.2 Å². The van der Waals surface area contributed by atoms with Gasteiger partial charge in [-0.2, -0.15) is 0 Å². The highest BCUT2D eigenvalue weighted by atomic mass is 35.5. The van der Waals surface area contributed by atoms with Crippen molar-refractivity contribution in [2.45, 2.75) is 57.1 Å². The molecule has 7 nitrogen and oxygen atoms in total. The Morgan fingerprint density at radius 3 is 2.42 bits per heavy atom. The Bertz CT molecular complexity index is 1400. The molecule has 4 rings (SSSR count). The third-order valence-corrected chi connectivity index (χ3v) is 8.62. The molecule has 0 saturated carbocycles. The lowest BCUT2D eigenvalue weighted by Crippen LogP contribution is -2.41. The lowest BCUT2D eigenvalue weighted by Gasteiger charge is -2.31. The Kier molecular flexibility index (Phi) is 8.41. The number of amides is 1. The van der Waals surface area contributed by atoms with E-state index in [1.54, 1.807) is 26.8 Å². The highest BCUT2D eigenvalue weighted by Crippen LogP contribution is 2.31. The van der Waals surface area contributed by atoms with Crippen LogP contribution in [0.15, 0.2) is 46.1 Å². The largest absolute Gasteiger partial charge is 0.443 e. The number of ether oxygens (including phenoxy) is 1. The molecule has 1 saturated heterocycles. The summed E-state index contributed by atoms with van der Waals surface area (Å²) in [6, 6.07) is 7.57. The summed E-state index contributed by atoms with van der Waals surface area (Å²) in [7, 11) is -5.04. The zero-order valence-electron chi connectivity index (χ0n) is 21.2. The van der Waals surface area contributed by atoms with Gasteiger partial charge in [-0.1, -0.05) is 23.7 Å². The molecule has 0 bridgehead atoms. The molecule has 0 radical (unpaired) electrons. The van der Waals surface area contributed by atoms with Crippen molar-refractivity contribution < 1.29 is 26.7 Å². The van der Waals surface area contributed by atoms with E-state index in [1.165, 1.54) is 10.9 Å². The molecular formula is C26H28ClF2N3O4S2. The van der Waals surface area contributed by atoms with Crippen LogP contribution < -0.4 is 4.31 Å². The minimum absolute atomic E-state index is 0.182. The van der Waals surface area contributed by atoms with Crippen molar-refractivity contribution in [1.29, 1.82) is 0 Å². The summed E-state index contributed by atoms with van der Waals surface area (Å²) in [5.74, 6) is -2.95. The third-order valence-electron chi connectivity index (χ3n) is 5.97. The Labute approximate surface area is 230 Å². The SMILES string of the molecule is CC(C)(C)OC(=O)N(c1cscn1)S(=O)(=O)c1c(F)cc(CCc2c(Cl)cccc2CN2CCC2)cc1F. The van der Waals surface area contributed by atoms with Crippen LogP contribution in [0.5, 0.6) is 0 Å². The second-order valence-corrected chi connectivity index (χ2v) is 12.8. The molecule has 38 heavy (non-hydrogen) atoms. The van der Waals surface area contributed by atoms with Crippen molar-refractivity contribution >= 4 is 44.9 Å². The summed E-state index contributed by atoms with van der Waals surface area (Å²) >= 11 is 7.46. The zero-order valence-corrected chi connectivity index (χ0v) is 23.6. The van der Waals surface area contributed by atoms with Crippen LogP contribution in [-0.2, 0) is 34.1 Å². The van der Waals surface area contributed by atoms with Gasteiger partial charge in [-0.3, -0.25) is 4.90 Å². The molecule has 1 aromatic heterocycles. The summed E-state index contributed by atoms with van der Waals surface area (Å²) in [5.41, 5.74) is 2.43. The van der Waals surface area contributed by atoms with Gasteiger partial charge in [0, 0.05) is 16.9 Å². The molecule has 0 aliphatic carbocycles. The van der Waals surface area contributed by atoms with Gasteiger partial charge in [0.1, 0.15) is 17.2 Å². The van der Waals surface area contributed by atoms with E-state index in [4.69, 9.17) is 16.3 Å². The van der Waals surface area contributed by atoms with Crippen molar-refractivity contribution in [3.63, 3.8) is 0 Å². The van der Waals surface area contributed by atoms with Gasteiger partial charge < -0.3 is 4.74 Å². The number of hydrogen-bond acceptors (Lipinski definition) is 7. The first-order chi connectivity index (χ1) is 17.9. The van der Waals surface area contributed by atoms with E-state index in [-0.39, 0.29) is 22.1 Å². The maximum absolute atomic E-state index is 15.3. The summed E-state index contributed by atoms with van der Waals surface area (Å²) in [4.78, 5) is 17.7. The van der Waals surface area contributed by atoms with Crippen LogP contribution in [0.2, 0.25) is 5.02 Å². The molecule has 2 aromatic carbocycles. The Hall–Kier alpha value is -2.60. The van der Waals surface area contributed by atoms with Crippen LogP contribution in [0, 0.1) is 11.6 Å². The predicted octanol–water partition coefficient (Wildman–Crippen LogP) is 6.20. The Morgan fingerprint density at radius 2 is 1.87 bits per heavy atom. The minimum atomic E-state index is -5.04. The number of anilines is 1. The third kappa shape index (κ3) is 6.33. The number of likely N-dealkylation sites (tertiary alicyclic amines) is 1. The van der Waals surface area contributed by atoms with Crippen molar-refractivity contribution in [1.82, 2.24) is 9.88 Å². The van der Waals surface area contributed by atoms with Gasteiger partial charge in [0.05, 0.1) is 5.51 Å². The van der Waals surface area contributed by atoms with Gasteiger partial charge >= 0.3 is 6.09 Å². The first kappa shape index (κ1) is 28.4. The van der Waals surface area contributed by atoms with Gasteiger partial charge in [0.25, 0.3) is 10.0 Å². The van der Waals surface area contributed by atoms with Crippen molar-refractivity contribution in [2.75, 3.05) is 17.4 Å². The van der Waals surface area contributed by atoms with Gasteiger partial charge in [-0.05, 0) is 88.0 Å². The summed E-state index contributed by atoms with van der Waals surface area (Å²) in [6.45, 7) is 7.40. The minimum Gasteiger partial charge on any atom is -0.443 e. The number of carbonyl (C=O) groups excluding carboxylic acids is 1. The standard InChI is InChI=1S/C26H28ClF2N3O4S2/c1-26(2,3)36-25(33)32(23-15-37-16-30-23)38(34,35)24-21(28)12-17(13-22(24)29)8-9-19-18(6-4-7-20(19)27)14-31-10-5-11-31/h4,6-7,12-13,15-16H,5,8-11,14H2,1-3H3. The number of nitrogens with zero attached hydrogens (tertiary/aromatic N) is 3. The van der Waals surface area contributed by atoms with E-state index in [0.717, 1.165) is 60.7 Å². The highest BCUT2D eigenvalue weighted by Gasteiger charge is 2.39. The Morgan fingerprint density at radius 1 is 1.18 bits per heavy atom. The summed E-state index contributed by atoms with van der Waals surface area (Å²) in [5, 5.41) is 1.84. The summed E-state index contributed by atoms with van der Waals surface area (Å²) < 4.78 is 62.7. The number of rotatable bonds is 8. The molecule has 1 aliphatic rings. The molecular weight excluding hydrogens is 556 g/mol. The fourth-order valence-corrected chi connectivity index (χ4v) is 6.35. The molecule has 12 heteroatoms. The number of benzene rings is 2. The molecule has 0 unspecified atom stereocenters. The lowest BCUT2D eigenvalue weighted by atomic mass is 9.98. The highest BCUT2D eigenvalue weighted by molar-refractivity contribution is 7.93. The first-order valence-corrected chi connectivity index (χ1v) is 14.8. The van der Waals surface area contributed by atoms with Gasteiger partial charge in [0.2, 0.25) is 0 Å². The topological polar surface area (TPSA) is 79.8 Å². The fraction of sp³-hybridized carbons (Fsp3) is 0.385. The predicted molar refractivity (Wildman–Crippen MR) is 143 cm³/mol. The molecule has 2 heterocycles. The van der Waals surface area contributed by atoms with Crippen LogP contribution >= 0.6 is 22.9 Å². The number of hydrogen-bond donors (Lipinski definition) is 0. The van der Waals surface area contributed by atoms with Gasteiger partial charge in [-0.15, -0.1) is 15.6 Å². The van der Waals surface area contributed by atoms with Crippen molar-refractivity contribution in [2.24, 2.45) is 0 Å². The van der Waals surface area contributed by atoms with E-state index in [2.05, 4.69) is 9.88 Å². The number of sulfonamides is 1. The molecule has 204 valence electrons.